The smallest absolute Gasteiger partial charge is 0.269 e. The van der Waals surface area contributed by atoms with Gasteiger partial charge in [-0.25, -0.2) is 0 Å². The maximum Gasteiger partial charge on any atom is 0.269 e. The van der Waals surface area contributed by atoms with Crippen LogP contribution in [0.2, 0.25) is 5.02 Å². The molecular formula is C15H11ClN2O4. The summed E-state index contributed by atoms with van der Waals surface area (Å²) in [5, 5.41) is 0.273. The van der Waals surface area contributed by atoms with E-state index in [1.165, 1.54) is 12.1 Å². The van der Waals surface area contributed by atoms with E-state index in [1.54, 1.807) is 30.3 Å². The Hall–Kier alpha value is -2.73. The second-order valence-corrected chi connectivity index (χ2v) is 4.87. The molecule has 2 amide bonds. The van der Waals surface area contributed by atoms with Crippen LogP contribution >= 0.6 is 11.6 Å². The number of fused-ring (bicyclic) bond motifs is 1. The lowest BCUT2D eigenvalue weighted by atomic mass is 10.2. The first-order valence-electron chi connectivity index (χ1n) is 6.40. The van der Waals surface area contributed by atoms with E-state index in [9.17, 15) is 9.59 Å². The van der Waals surface area contributed by atoms with Crippen LogP contribution < -0.4 is 20.3 Å². The summed E-state index contributed by atoms with van der Waals surface area (Å²) in [6.45, 7) is 0.0604. The highest BCUT2D eigenvalue weighted by Crippen LogP contribution is 2.39. The first kappa shape index (κ1) is 14.2. The van der Waals surface area contributed by atoms with Gasteiger partial charge in [0.1, 0.15) is 0 Å². The summed E-state index contributed by atoms with van der Waals surface area (Å²) in [6.07, 6.45) is 0. The molecule has 0 spiro atoms. The molecule has 0 aromatic heterocycles. The minimum absolute atomic E-state index is 0.0604. The molecule has 2 N–H and O–H groups in total. The fourth-order valence-electron chi connectivity index (χ4n) is 1.95. The van der Waals surface area contributed by atoms with Crippen molar-refractivity contribution in [2.75, 3.05) is 6.79 Å². The number of ether oxygens (including phenoxy) is 2. The standard InChI is InChI=1S/C15H11ClN2O4/c16-11-6-10(7-12-13(11)22-8-21-12)15(20)18-17-14(19)9-4-2-1-3-5-9/h1-7H,8H2,(H,17,19)(H,18,20). The lowest BCUT2D eigenvalue weighted by Gasteiger charge is -2.08. The summed E-state index contributed by atoms with van der Waals surface area (Å²) in [7, 11) is 0. The van der Waals surface area contributed by atoms with Gasteiger partial charge in [0.25, 0.3) is 11.8 Å². The average molecular weight is 319 g/mol. The molecule has 112 valence electrons. The van der Waals surface area contributed by atoms with Crippen molar-refractivity contribution in [3.8, 4) is 11.5 Å². The van der Waals surface area contributed by atoms with Gasteiger partial charge in [-0.15, -0.1) is 0 Å². The van der Waals surface area contributed by atoms with E-state index in [-0.39, 0.29) is 17.4 Å². The van der Waals surface area contributed by atoms with Gasteiger partial charge in [0, 0.05) is 11.1 Å². The quantitative estimate of drug-likeness (QED) is 0.832. The van der Waals surface area contributed by atoms with E-state index in [1.807, 2.05) is 0 Å². The molecule has 7 heteroatoms. The number of carbonyl (C=O) groups excluding carboxylic acids is 2. The van der Waals surface area contributed by atoms with Crippen LogP contribution in [0, 0.1) is 0 Å². The number of carbonyl (C=O) groups is 2. The van der Waals surface area contributed by atoms with Crippen molar-refractivity contribution in [1.29, 1.82) is 0 Å². The number of hydrogen-bond donors (Lipinski definition) is 2. The normalized spacial score (nSPS) is 11.9. The Morgan fingerprint density at radius 1 is 0.955 bits per heavy atom. The van der Waals surface area contributed by atoms with Crippen LogP contribution in [0.25, 0.3) is 0 Å². The summed E-state index contributed by atoms with van der Waals surface area (Å²) in [5.74, 6) is -0.121. The second-order valence-electron chi connectivity index (χ2n) is 4.47. The Kier molecular flexibility index (Phi) is 3.84. The maximum absolute atomic E-state index is 12.1. The van der Waals surface area contributed by atoms with Crippen molar-refractivity contribution in [3.63, 3.8) is 0 Å². The fraction of sp³-hybridized carbons (Fsp3) is 0.0667. The van der Waals surface area contributed by atoms with Crippen LogP contribution in [0.15, 0.2) is 42.5 Å². The van der Waals surface area contributed by atoms with Gasteiger partial charge >= 0.3 is 0 Å². The van der Waals surface area contributed by atoms with Crippen LogP contribution in [-0.2, 0) is 0 Å². The molecule has 0 atom stereocenters. The van der Waals surface area contributed by atoms with Crippen molar-refractivity contribution in [1.82, 2.24) is 10.9 Å². The average Bonchev–Trinajstić information content (AvgIpc) is 3.02. The van der Waals surface area contributed by atoms with E-state index >= 15 is 0 Å². The van der Waals surface area contributed by atoms with Gasteiger partial charge in [0.05, 0.1) is 5.02 Å². The van der Waals surface area contributed by atoms with Gasteiger partial charge in [-0.05, 0) is 24.3 Å². The number of hydrogen-bond acceptors (Lipinski definition) is 4. The molecule has 0 fully saturated rings. The highest BCUT2D eigenvalue weighted by Gasteiger charge is 2.20. The lowest BCUT2D eigenvalue weighted by Crippen LogP contribution is -2.41. The van der Waals surface area contributed by atoms with E-state index in [2.05, 4.69) is 10.9 Å². The molecule has 0 saturated carbocycles. The fourth-order valence-corrected chi connectivity index (χ4v) is 2.21. The third-order valence-electron chi connectivity index (χ3n) is 3.01. The third kappa shape index (κ3) is 2.82. The number of amides is 2. The number of nitrogens with one attached hydrogen (secondary N) is 2. The molecule has 22 heavy (non-hydrogen) atoms. The van der Waals surface area contributed by atoms with Gasteiger partial charge < -0.3 is 9.47 Å². The predicted octanol–water partition coefficient (Wildman–Crippen LogP) is 2.14. The van der Waals surface area contributed by atoms with E-state index in [0.717, 1.165) is 0 Å². The van der Waals surface area contributed by atoms with Gasteiger partial charge in [-0.3, -0.25) is 20.4 Å². The molecule has 3 rings (SSSR count). The molecule has 0 radical (unpaired) electrons. The predicted molar refractivity (Wildman–Crippen MR) is 78.9 cm³/mol. The Morgan fingerprint density at radius 2 is 1.64 bits per heavy atom. The zero-order valence-corrected chi connectivity index (χ0v) is 12.0. The molecular weight excluding hydrogens is 308 g/mol. The Labute approximate surface area is 131 Å². The molecule has 1 aliphatic rings. The van der Waals surface area contributed by atoms with Crippen LogP contribution in [0.4, 0.5) is 0 Å². The minimum Gasteiger partial charge on any atom is -0.454 e. The SMILES string of the molecule is O=C(NNC(=O)c1cc(Cl)c2c(c1)OCO2)c1ccccc1. The Morgan fingerprint density at radius 3 is 2.36 bits per heavy atom. The van der Waals surface area contributed by atoms with Crippen LogP contribution in [0.1, 0.15) is 20.7 Å². The highest BCUT2D eigenvalue weighted by molar-refractivity contribution is 6.32. The van der Waals surface area contributed by atoms with Gasteiger partial charge in [0.2, 0.25) is 6.79 Å². The summed E-state index contributed by atoms with van der Waals surface area (Å²) in [5.41, 5.74) is 5.34. The summed E-state index contributed by atoms with van der Waals surface area (Å²) in [4.78, 5) is 23.9. The van der Waals surface area contributed by atoms with E-state index in [0.29, 0.717) is 17.1 Å². The number of hydrazine groups is 1. The third-order valence-corrected chi connectivity index (χ3v) is 3.30. The Balaban J connectivity index is 1.68. The van der Waals surface area contributed by atoms with Crippen LogP contribution in [0.3, 0.4) is 0 Å². The zero-order valence-electron chi connectivity index (χ0n) is 11.3. The largest absolute Gasteiger partial charge is 0.454 e. The first-order chi connectivity index (χ1) is 10.6. The second kappa shape index (κ2) is 5.95. The van der Waals surface area contributed by atoms with Crippen molar-refractivity contribution in [3.05, 3.63) is 58.6 Å². The summed E-state index contributed by atoms with van der Waals surface area (Å²) in [6, 6.07) is 11.5. The molecule has 0 bridgehead atoms. The van der Waals surface area contributed by atoms with Gasteiger partial charge in [-0.2, -0.15) is 0 Å². The topological polar surface area (TPSA) is 76.7 Å². The molecule has 1 aliphatic heterocycles. The number of benzene rings is 2. The maximum atomic E-state index is 12.1. The van der Waals surface area contributed by atoms with Crippen molar-refractivity contribution < 1.29 is 19.1 Å². The van der Waals surface area contributed by atoms with Crippen molar-refractivity contribution in [2.24, 2.45) is 0 Å². The molecule has 1 heterocycles. The molecule has 0 aliphatic carbocycles. The van der Waals surface area contributed by atoms with Crippen LogP contribution in [0.5, 0.6) is 11.5 Å². The molecule has 2 aromatic carbocycles. The van der Waals surface area contributed by atoms with E-state index in [4.69, 9.17) is 21.1 Å². The van der Waals surface area contributed by atoms with Crippen molar-refractivity contribution >= 4 is 23.4 Å². The van der Waals surface area contributed by atoms with Gasteiger partial charge in [0.15, 0.2) is 11.5 Å². The van der Waals surface area contributed by atoms with Gasteiger partial charge in [-0.1, -0.05) is 29.8 Å². The summed E-state index contributed by atoms with van der Waals surface area (Å²) < 4.78 is 10.4. The molecule has 0 saturated heterocycles. The highest BCUT2D eigenvalue weighted by atomic mass is 35.5. The monoisotopic (exact) mass is 318 g/mol. The first-order valence-corrected chi connectivity index (χ1v) is 6.78. The molecule has 2 aromatic rings. The minimum atomic E-state index is -0.510. The lowest BCUT2D eigenvalue weighted by molar-refractivity contribution is 0.0846. The van der Waals surface area contributed by atoms with E-state index < -0.39 is 11.8 Å². The van der Waals surface area contributed by atoms with Crippen molar-refractivity contribution in [2.45, 2.75) is 0 Å². The Bertz CT molecular complexity index is 734. The summed E-state index contributed by atoms with van der Waals surface area (Å²) >= 11 is 6.01. The molecule has 0 unspecified atom stereocenters. The molecule has 6 nitrogen and oxygen atoms in total. The number of rotatable bonds is 2. The van der Waals surface area contributed by atoms with Crippen LogP contribution in [-0.4, -0.2) is 18.6 Å². The number of halogens is 1. The zero-order chi connectivity index (χ0) is 15.5.